The number of rotatable bonds is 4. The summed E-state index contributed by atoms with van der Waals surface area (Å²) < 4.78 is 13.6. The van der Waals surface area contributed by atoms with Crippen LogP contribution < -0.4 is 0 Å². The maximum absolute atomic E-state index is 13.6. The highest BCUT2D eigenvalue weighted by Crippen LogP contribution is 2.18. The molecule has 0 unspecified atom stereocenters. The zero-order valence-electron chi connectivity index (χ0n) is 9.26. The molecule has 0 radical (unpaired) electrons. The minimum absolute atomic E-state index is 0.0978. The fourth-order valence-corrected chi connectivity index (χ4v) is 1.98. The van der Waals surface area contributed by atoms with Crippen LogP contribution in [0.3, 0.4) is 0 Å². The van der Waals surface area contributed by atoms with Crippen molar-refractivity contribution in [3.8, 4) is 0 Å². The average molecular weight is 226 g/mol. The van der Waals surface area contributed by atoms with Crippen LogP contribution in [0.4, 0.5) is 4.39 Å². The van der Waals surface area contributed by atoms with Gasteiger partial charge in [-0.25, -0.2) is 4.39 Å². The van der Waals surface area contributed by atoms with Gasteiger partial charge >= 0.3 is 0 Å². The summed E-state index contributed by atoms with van der Waals surface area (Å²) in [7, 11) is 0. The van der Waals surface area contributed by atoms with E-state index in [0.29, 0.717) is 6.42 Å². The lowest BCUT2D eigenvalue weighted by atomic mass is 10.0. The van der Waals surface area contributed by atoms with E-state index >= 15 is 0 Å². The van der Waals surface area contributed by atoms with Crippen LogP contribution in [0.1, 0.15) is 27.9 Å². The Kier molecular flexibility index (Phi) is 4.33. The normalized spacial score (nSPS) is 10.4. The first-order chi connectivity index (χ1) is 7.06. The first-order valence-corrected chi connectivity index (χ1v) is 6.24. The van der Waals surface area contributed by atoms with Gasteiger partial charge in [0.2, 0.25) is 0 Å². The van der Waals surface area contributed by atoms with Crippen molar-refractivity contribution in [2.75, 3.05) is 12.0 Å². The minimum atomic E-state index is -0.390. The molecule has 15 heavy (non-hydrogen) atoms. The molecular weight excluding hydrogens is 211 g/mol. The van der Waals surface area contributed by atoms with E-state index in [1.54, 1.807) is 18.7 Å². The monoisotopic (exact) mass is 226 g/mol. The number of carbonyl (C=O) groups is 1. The Bertz CT molecular complexity index is 351. The second kappa shape index (κ2) is 5.31. The van der Waals surface area contributed by atoms with Crippen molar-refractivity contribution < 1.29 is 9.18 Å². The predicted octanol–water partition coefficient (Wildman–Crippen LogP) is 3.38. The number of thioether (sulfide) groups is 1. The maximum atomic E-state index is 13.6. The van der Waals surface area contributed by atoms with Crippen molar-refractivity contribution >= 4 is 17.5 Å². The van der Waals surface area contributed by atoms with E-state index in [-0.39, 0.29) is 11.3 Å². The molecule has 1 nitrogen and oxygen atoms in total. The third-order valence-electron chi connectivity index (χ3n) is 2.24. The average Bonchev–Trinajstić information content (AvgIpc) is 2.12. The van der Waals surface area contributed by atoms with Crippen LogP contribution in [-0.4, -0.2) is 17.8 Å². The van der Waals surface area contributed by atoms with Gasteiger partial charge in [-0.3, -0.25) is 4.79 Å². The van der Waals surface area contributed by atoms with E-state index < -0.39 is 5.82 Å². The van der Waals surface area contributed by atoms with E-state index in [9.17, 15) is 9.18 Å². The molecule has 3 heteroatoms. The van der Waals surface area contributed by atoms with Crippen molar-refractivity contribution in [3.05, 3.63) is 34.6 Å². The highest BCUT2D eigenvalue weighted by atomic mass is 32.2. The highest BCUT2D eigenvalue weighted by molar-refractivity contribution is 7.98. The number of aryl methyl sites for hydroxylation is 2. The third kappa shape index (κ3) is 3.06. The van der Waals surface area contributed by atoms with Gasteiger partial charge in [0.25, 0.3) is 0 Å². The molecular formula is C12H15FOS. The summed E-state index contributed by atoms with van der Waals surface area (Å²) in [6, 6.07) is 3.26. The van der Waals surface area contributed by atoms with Crippen molar-refractivity contribution in [1.29, 1.82) is 0 Å². The Morgan fingerprint density at radius 3 is 2.60 bits per heavy atom. The fourth-order valence-electron chi connectivity index (χ4n) is 1.59. The molecule has 0 fully saturated rings. The highest BCUT2D eigenvalue weighted by Gasteiger charge is 2.14. The van der Waals surface area contributed by atoms with Gasteiger partial charge in [0.1, 0.15) is 5.82 Å². The summed E-state index contributed by atoms with van der Waals surface area (Å²) in [4.78, 5) is 11.7. The molecule has 82 valence electrons. The molecule has 0 atom stereocenters. The van der Waals surface area contributed by atoms with E-state index in [0.717, 1.165) is 16.9 Å². The van der Waals surface area contributed by atoms with Gasteiger partial charge in [-0.05, 0) is 37.3 Å². The van der Waals surface area contributed by atoms with Crippen molar-refractivity contribution in [1.82, 2.24) is 0 Å². The molecule has 0 aliphatic carbocycles. The Labute approximate surface area is 94.1 Å². The van der Waals surface area contributed by atoms with Gasteiger partial charge in [0.05, 0.1) is 5.56 Å². The number of Topliss-reactive ketones (excluding diaryl/α,β-unsaturated/α-hetero) is 1. The SMILES string of the molecule is CSCCC(=O)c1c(C)cc(C)cc1F. The molecule has 0 aromatic heterocycles. The Morgan fingerprint density at radius 1 is 1.40 bits per heavy atom. The van der Waals surface area contributed by atoms with Gasteiger partial charge in [-0.15, -0.1) is 0 Å². The molecule has 0 bridgehead atoms. The predicted molar refractivity (Wildman–Crippen MR) is 63.2 cm³/mol. The number of benzene rings is 1. The Hall–Kier alpha value is -0.830. The minimum Gasteiger partial charge on any atom is -0.294 e. The molecule has 0 saturated heterocycles. The number of hydrogen-bond donors (Lipinski definition) is 0. The zero-order valence-corrected chi connectivity index (χ0v) is 10.1. The van der Waals surface area contributed by atoms with Gasteiger partial charge in [0, 0.05) is 12.2 Å². The standard InChI is InChI=1S/C12H15FOS/c1-8-6-9(2)12(10(13)7-8)11(14)4-5-15-3/h6-7H,4-5H2,1-3H3. The Morgan fingerprint density at radius 2 is 2.07 bits per heavy atom. The summed E-state index contributed by atoms with van der Waals surface area (Å²) in [5.41, 5.74) is 1.85. The second-order valence-corrected chi connectivity index (χ2v) is 4.59. The molecule has 0 heterocycles. The van der Waals surface area contributed by atoms with Crippen LogP contribution >= 0.6 is 11.8 Å². The quantitative estimate of drug-likeness (QED) is 0.732. The van der Waals surface area contributed by atoms with Gasteiger partial charge < -0.3 is 0 Å². The number of hydrogen-bond acceptors (Lipinski definition) is 2. The first-order valence-electron chi connectivity index (χ1n) is 4.85. The lowest BCUT2D eigenvalue weighted by molar-refractivity contribution is 0.0985. The van der Waals surface area contributed by atoms with Crippen molar-refractivity contribution in [2.24, 2.45) is 0 Å². The first kappa shape index (κ1) is 12.2. The van der Waals surface area contributed by atoms with Crippen LogP contribution in [0.15, 0.2) is 12.1 Å². The lowest BCUT2D eigenvalue weighted by Gasteiger charge is -2.07. The van der Waals surface area contributed by atoms with Crippen LogP contribution in [0.5, 0.6) is 0 Å². The summed E-state index contributed by atoms with van der Waals surface area (Å²) in [5.74, 6) is 0.254. The molecule has 0 saturated carbocycles. The van der Waals surface area contributed by atoms with E-state index in [1.807, 2.05) is 19.2 Å². The molecule has 0 aliphatic rings. The summed E-state index contributed by atoms with van der Waals surface area (Å²) in [5, 5.41) is 0. The molecule has 1 aromatic rings. The van der Waals surface area contributed by atoms with Crippen LogP contribution in [0.2, 0.25) is 0 Å². The van der Waals surface area contributed by atoms with E-state index in [2.05, 4.69) is 0 Å². The Balaban J connectivity index is 2.98. The zero-order chi connectivity index (χ0) is 11.4. The molecule has 0 amide bonds. The molecule has 0 spiro atoms. The van der Waals surface area contributed by atoms with Gasteiger partial charge in [-0.2, -0.15) is 11.8 Å². The number of halogens is 1. The third-order valence-corrected chi connectivity index (χ3v) is 2.86. The lowest BCUT2D eigenvalue weighted by Crippen LogP contribution is -2.06. The van der Waals surface area contributed by atoms with Crippen LogP contribution in [0.25, 0.3) is 0 Å². The topological polar surface area (TPSA) is 17.1 Å². The molecule has 1 aromatic carbocycles. The molecule has 0 aliphatic heterocycles. The largest absolute Gasteiger partial charge is 0.294 e. The number of ketones is 1. The second-order valence-electron chi connectivity index (χ2n) is 3.60. The van der Waals surface area contributed by atoms with Crippen molar-refractivity contribution in [3.63, 3.8) is 0 Å². The molecule has 0 N–H and O–H groups in total. The fraction of sp³-hybridized carbons (Fsp3) is 0.417. The number of carbonyl (C=O) groups excluding carboxylic acids is 1. The smallest absolute Gasteiger partial charge is 0.166 e. The van der Waals surface area contributed by atoms with Crippen molar-refractivity contribution in [2.45, 2.75) is 20.3 Å². The van der Waals surface area contributed by atoms with Crippen LogP contribution in [-0.2, 0) is 0 Å². The summed E-state index contributed by atoms with van der Waals surface area (Å²) >= 11 is 1.60. The van der Waals surface area contributed by atoms with E-state index in [4.69, 9.17) is 0 Å². The van der Waals surface area contributed by atoms with Gasteiger partial charge in [-0.1, -0.05) is 6.07 Å². The van der Waals surface area contributed by atoms with Gasteiger partial charge in [0.15, 0.2) is 5.78 Å². The van der Waals surface area contributed by atoms with Crippen LogP contribution in [0, 0.1) is 19.7 Å². The maximum Gasteiger partial charge on any atom is 0.166 e. The summed E-state index contributed by atoms with van der Waals surface area (Å²) in [6.45, 7) is 3.61. The summed E-state index contributed by atoms with van der Waals surface area (Å²) in [6.07, 6.45) is 2.34. The van der Waals surface area contributed by atoms with E-state index in [1.165, 1.54) is 6.07 Å². The molecule has 1 rings (SSSR count).